The number of nitrogens with zero attached hydrogens (tertiary/aromatic N) is 3. The summed E-state index contributed by atoms with van der Waals surface area (Å²) in [5.41, 5.74) is -0.0912. The summed E-state index contributed by atoms with van der Waals surface area (Å²) in [4.78, 5) is 30.0. The van der Waals surface area contributed by atoms with Crippen molar-refractivity contribution >= 4 is 17.7 Å². The van der Waals surface area contributed by atoms with Crippen LogP contribution in [0.3, 0.4) is 0 Å². The molecule has 0 spiro atoms. The molecule has 2 heterocycles. The second kappa shape index (κ2) is 9.60. The van der Waals surface area contributed by atoms with Crippen molar-refractivity contribution in [1.29, 1.82) is 0 Å². The van der Waals surface area contributed by atoms with E-state index in [1.54, 1.807) is 39.1 Å². The van der Waals surface area contributed by atoms with E-state index in [2.05, 4.69) is 20.7 Å². The fourth-order valence-electron chi connectivity index (χ4n) is 4.33. The van der Waals surface area contributed by atoms with Crippen LogP contribution in [-0.4, -0.2) is 45.5 Å². The molecule has 9 nitrogen and oxygen atoms in total. The molecule has 2 aliphatic rings. The van der Waals surface area contributed by atoms with Gasteiger partial charge in [-0.15, -0.1) is 0 Å². The zero-order valence-electron chi connectivity index (χ0n) is 20.0. The molecule has 10 heteroatoms. The molecule has 0 radical (unpaired) electrons. The first kappa shape index (κ1) is 24.0. The number of alkyl carbamates (subject to hydrolysis) is 1. The first-order valence-electron chi connectivity index (χ1n) is 11.7. The molecule has 1 atom stereocenters. The first-order valence-corrected chi connectivity index (χ1v) is 11.7. The Morgan fingerprint density at radius 3 is 2.50 bits per heavy atom. The van der Waals surface area contributed by atoms with Gasteiger partial charge < -0.3 is 20.1 Å². The third-order valence-corrected chi connectivity index (χ3v) is 6.07. The summed E-state index contributed by atoms with van der Waals surface area (Å²) in [5.74, 6) is -0.0176. The van der Waals surface area contributed by atoms with E-state index in [1.807, 2.05) is 0 Å². The Balaban J connectivity index is 1.50. The second-order valence-corrected chi connectivity index (χ2v) is 10.0. The van der Waals surface area contributed by atoms with Gasteiger partial charge in [0.2, 0.25) is 17.7 Å². The van der Waals surface area contributed by atoms with Crippen molar-refractivity contribution in [2.45, 2.75) is 64.6 Å². The third kappa shape index (κ3) is 5.84. The summed E-state index contributed by atoms with van der Waals surface area (Å²) < 4.78 is 26.9. The van der Waals surface area contributed by atoms with Crippen molar-refractivity contribution in [2.75, 3.05) is 12.4 Å². The summed E-state index contributed by atoms with van der Waals surface area (Å²) in [6.45, 7) is 5.39. The highest BCUT2D eigenvalue weighted by molar-refractivity contribution is 5.96. The second-order valence-electron chi connectivity index (χ2n) is 10.0. The maximum absolute atomic E-state index is 15.1. The molecule has 2 aromatic rings. The van der Waals surface area contributed by atoms with Crippen LogP contribution in [0.15, 0.2) is 24.5 Å². The number of hydrogen-bond donors (Lipinski definition) is 2. The van der Waals surface area contributed by atoms with Gasteiger partial charge in [0.1, 0.15) is 17.3 Å². The van der Waals surface area contributed by atoms with Gasteiger partial charge in [0.25, 0.3) is 0 Å². The molecule has 184 valence electrons. The number of methoxy groups -OCH3 is 1. The number of pyridine rings is 1. The van der Waals surface area contributed by atoms with Crippen LogP contribution in [0.25, 0.3) is 0 Å². The van der Waals surface area contributed by atoms with E-state index in [0.29, 0.717) is 23.3 Å². The van der Waals surface area contributed by atoms with Crippen LogP contribution in [0.4, 0.5) is 14.9 Å². The number of hydrogen-bond acceptors (Lipinski definition) is 6. The smallest absolute Gasteiger partial charge is 0.408 e. The van der Waals surface area contributed by atoms with Crippen LogP contribution in [0.1, 0.15) is 52.0 Å². The molecular weight excluding hydrogens is 441 g/mol. The summed E-state index contributed by atoms with van der Waals surface area (Å²) in [6, 6.07) is 2.68. The monoisotopic (exact) mass is 473 g/mol. The Hall–Kier alpha value is -3.17. The maximum Gasteiger partial charge on any atom is 0.408 e. The van der Waals surface area contributed by atoms with Gasteiger partial charge in [-0.05, 0) is 70.3 Å². The van der Waals surface area contributed by atoms with Gasteiger partial charge >= 0.3 is 6.09 Å². The first-order chi connectivity index (χ1) is 16.2. The van der Waals surface area contributed by atoms with E-state index < -0.39 is 29.6 Å². The lowest BCUT2D eigenvalue weighted by atomic mass is 9.88. The maximum atomic E-state index is 15.1. The number of anilines is 1. The topological polar surface area (TPSA) is 107 Å². The van der Waals surface area contributed by atoms with E-state index in [9.17, 15) is 9.59 Å². The van der Waals surface area contributed by atoms with Crippen molar-refractivity contribution in [3.8, 4) is 5.88 Å². The average Bonchev–Trinajstić information content (AvgIpc) is 3.69. The van der Waals surface area contributed by atoms with Crippen molar-refractivity contribution < 1.29 is 23.5 Å². The van der Waals surface area contributed by atoms with Gasteiger partial charge in [0, 0.05) is 11.8 Å². The summed E-state index contributed by atoms with van der Waals surface area (Å²) >= 11 is 0. The Morgan fingerprint density at radius 2 is 1.91 bits per heavy atom. The molecule has 1 unspecified atom stereocenters. The molecule has 4 rings (SSSR count). The highest BCUT2D eigenvalue weighted by Crippen LogP contribution is 2.51. The zero-order valence-corrected chi connectivity index (χ0v) is 20.0. The van der Waals surface area contributed by atoms with E-state index >= 15 is 4.39 Å². The van der Waals surface area contributed by atoms with Gasteiger partial charge in [0.05, 0.1) is 19.9 Å². The molecular formula is C24H32FN5O4. The molecule has 2 N–H and O–H groups in total. The fourth-order valence-corrected chi connectivity index (χ4v) is 4.33. The van der Waals surface area contributed by atoms with Crippen LogP contribution in [0, 0.1) is 23.7 Å². The number of ether oxygens (including phenoxy) is 2. The molecule has 2 saturated carbocycles. The lowest BCUT2D eigenvalue weighted by Gasteiger charge is -2.28. The SMILES string of the molecule is COc1ncccc1Cn1ncc(NC(=O)C(NC(=O)OC(C)(C)C)C(C2CC2)C2CC2)c1F. The number of aromatic nitrogens is 3. The normalized spacial score (nSPS) is 16.8. The van der Waals surface area contributed by atoms with Crippen molar-refractivity contribution in [3.63, 3.8) is 0 Å². The van der Waals surface area contributed by atoms with Crippen LogP contribution in [-0.2, 0) is 16.1 Å². The quantitative estimate of drug-likeness (QED) is 0.575. The van der Waals surface area contributed by atoms with Gasteiger partial charge in [-0.25, -0.2) is 14.5 Å². The minimum atomic E-state index is -0.809. The lowest BCUT2D eigenvalue weighted by molar-refractivity contribution is -0.120. The highest BCUT2D eigenvalue weighted by atomic mass is 19.1. The van der Waals surface area contributed by atoms with Crippen molar-refractivity contribution in [3.05, 3.63) is 36.0 Å². The Labute approximate surface area is 198 Å². The van der Waals surface area contributed by atoms with Crippen LogP contribution < -0.4 is 15.4 Å². The van der Waals surface area contributed by atoms with Gasteiger partial charge in [-0.2, -0.15) is 9.49 Å². The molecule has 0 bridgehead atoms. The molecule has 2 aliphatic carbocycles. The number of nitrogens with one attached hydrogen (secondary N) is 2. The predicted molar refractivity (Wildman–Crippen MR) is 123 cm³/mol. The zero-order chi connectivity index (χ0) is 24.5. The van der Waals surface area contributed by atoms with Crippen LogP contribution >= 0.6 is 0 Å². The molecule has 0 aromatic carbocycles. The highest BCUT2D eigenvalue weighted by Gasteiger charge is 2.48. The number of rotatable bonds is 9. The Morgan fingerprint density at radius 1 is 1.24 bits per heavy atom. The van der Waals surface area contributed by atoms with Gasteiger partial charge in [-0.3, -0.25) is 4.79 Å². The van der Waals surface area contributed by atoms with E-state index in [0.717, 1.165) is 30.4 Å². The van der Waals surface area contributed by atoms with E-state index in [4.69, 9.17) is 9.47 Å². The predicted octanol–water partition coefficient (Wildman–Crippen LogP) is 3.74. The molecule has 2 fully saturated rings. The lowest BCUT2D eigenvalue weighted by Crippen LogP contribution is -2.51. The average molecular weight is 474 g/mol. The molecule has 2 amide bonds. The minimum Gasteiger partial charge on any atom is -0.481 e. The minimum absolute atomic E-state index is 0.00489. The van der Waals surface area contributed by atoms with Gasteiger partial charge in [0.15, 0.2) is 0 Å². The fraction of sp³-hybridized carbons (Fsp3) is 0.583. The standard InChI is InChI=1S/C24H32FN5O4/c1-24(2,3)34-23(32)29-19(18(14-7-8-14)15-9-10-15)21(31)28-17-12-27-30(20(17)25)13-16-6-5-11-26-22(16)33-4/h5-6,11-12,14-15,18-19H,7-10,13H2,1-4H3,(H,28,31)(H,29,32). The number of amides is 2. The number of carbonyl (C=O) groups is 2. The van der Waals surface area contributed by atoms with Crippen molar-refractivity contribution in [2.24, 2.45) is 17.8 Å². The molecule has 2 aromatic heterocycles. The summed E-state index contributed by atoms with van der Waals surface area (Å²) in [6.07, 6.45) is 6.31. The Kier molecular flexibility index (Phi) is 6.77. The van der Waals surface area contributed by atoms with Gasteiger partial charge in [-0.1, -0.05) is 6.07 Å². The van der Waals surface area contributed by atoms with Crippen LogP contribution in [0.2, 0.25) is 0 Å². The van der Waals surface area contributed by atoms with E-state index in [1.165, 1.54) is 13.3 Å². The third-order valence-electron chi connectivity index (χ3n) is 6.07. The number of carbonyl (C=O) groups excluding carboxylic acids is 2. The van der Waals surface area contributed by atoms with Crippen molar-refractivity contribution in [1.82, 2.24) is 20.1 Å². The van der Waals surface area contributed by atoms with Crippen LogP contribution in [0.5, 0.6) is 5.88 Å². The Bertz CT molecular complexity index is 1030. The number of halogens is 1. The molecule has 0 saturated heterocycles. The molecule has 0 aliphatic heterocycles. The molecule has 34 heavy (non-hydrogen) atoms. The summed E-state index contributed by atoms with van der Waals surface area (Å²) in [5, 5.41) is 9.49. The largest absolute Gasteiger partial charge is 0.481 e. The van der Waals surface area contributed by atoms with E-state index in [-0.39, 0.29) is 18.2 Å². The summed E-state index contributed by atoms with van der Waals surface area (Å²) in [7, 11) is 1.49.